The number of para-hydroxylation sites is 1. The first-order valence-electron chi connectivity index (χ1n) is 11.0. The van der Waals surface area contributed by atoms with E-state index in [2.05, 4.69) is 5.10 Å². The third kappa shape index (κ3) is 3.41. The van der Waals surface area contributed by atoms with Crippen molar-refractivity contribution < 1.29 is 23.1 Å². The summed E-state index contributed by atoms with van der Waals surface area (Å²) in [5.41, 5.74) is 2.98. The molecule has 2 amide bonds. The van der Waals surface area contributed by atoms with Gasteiger partial charge in [-0.05, 0) is 44.0 Å². The molecule has 2 aliphatic heterocycles. The first-order valence-corrected chi connectivity index (χ1v) is 12.4. The van der Waals surface area contributed by atoms with E-state index in [1.807, 2.05) is 18.2 Å². The Morgan fingerprint density at radius 2 is 1.59 bits per heavy atom. The number of aliphatic hydroxyl groups is 1. The average Bonchev–Trinajstić information content (AvgIpc) is 3.44. The summed E-state index contributed by atoms with van der Waals surface area (Å²) in [5, 5.41) is 15.0. The number of β-amino-alcohol motifs (C(OH)–C–C–N with tert-alkyl or cyclic N) is 1. The third-order valence-electron chi connectivity index (χ3n) is 6.36. The number of anilines is 1. The minimum absolute atomic E-state index is 0.0633. The molecule has 0 saturated carbocycles. The molecular weight excluding hydrogens is 456 g/mol. The van der Waals surface area contributed by atoms with Crippen molar-refractivity contribution in [3.8, 4) is 0 Å². The van der Waals surface area contributed by atoms with E-state index >= 15 is 0 Å². The van der Waals surface area contributed by atoms with Gasteiger partial charge in [0, 0.05) is 6.54 Å². The molecule has 2 aromatic carbocycles. The molecule has 0 fully saturated rings. The second kappa shape index (κ2) is 8.07. The van der Waals surface area contributed by atoms with Gasteiger partial charge in [0.1, 0.15) is 4.90 Å². The lowest BCUT2D eigenvalue weighted by Crippen LogP contribution is -2.38. The summed E-state index contributed by atoms with van der Waals surface area (Å²) >= 11 is 0. The fraction of sp³-hybridized carbons (Fsp3) is 0.292. The van der Waals surface area contributed by atoms with Crippen molar-refractivity contribution in [2.75, 3.05) is 17.4 Å². The molecule has 0 saturated heterocycles. The number of sulfonamides is 1. The van der Waals surface area contributed by atoms with Crippen molar-refractivity contribution in [3.63, 3.8) is 0 Å². The molecule has 1 aromatic heterocycles. The van der Waals surface area contributed by atoms with Crippen LogP contribution in [-0.4, -0.2) is 59.2 Å². The molecule has 5 rings (SSSR count). The fourth-order valence-electron chi connectivity index (χ4n) is 4.77. The van der Waals surface area contributed by atoms with Gasteiger partial charge in [-0.15, -0.1) is 0 Å². The van der Waals surface area contributed by atoms with Crippen LogP contribution in [-0.2, 0) is 23.0 Å². The van der Waals surface area contributed by atoms with Crippen LogP contribution in [0.5, 0.6) is 0 Å². The van der Waals surface area contributed by atoms with E-state index in [1.165, 1.54) is 8.99 Å². The lowest BCUT2D eigenvalue weighted by Gasteiger charge is -2.20. The van der Waals surface area contributed by atoms with E-state index in [1.54, 1.807) is 44.2 Å². The smallest absolute Gasteiger partial charge is 0.268 e. The highest BCUT2D eigenvalue weighted by Crippen LogP contribution is 2.34. The lowest BCUT2D eigenvalue weighted by atomic mass is 10.1. The standard InChI is InChI=1S/C24H24N4O5S/c1-15-22(34(32,33)28-12-11-17-7-3-6-10-21(17)28)16(2)27(25-15)14-18(29)13-26-23(30)19-8-4-5-9-20(19)24(26)31/h3-10,18,29H,11-14H2,1-2H3/t18-/m1/s1. The largest absolute Gasteiger partial charge is 0.389 e. The molecule has 3 aromatic rings. The van der Waals surface area contributed by atoms with Crippen LogP contribution in [0.4, 0.5) is 5.69 Å². The minimum atomic E-state index is -3.85. The molecule has 2 aliphatic rings. The molecule has 34 heavy (non-hydrogen) atoms. The number of imide groups is 1. The molecule has 1 atom stereocenters. The molecule has 10 heteroatoms. The number of carbonyl (C=O) groups is 2. The van der Waals surface area contributed by atoms with Gasteiger partial charge in [-0.3, -0.25) is 23.5 Å². The van der Waals surface area contributed by atoms with Crippen LogP contribution in [0.25, 0.3) is 0 Å². The predicted molar refractivity (Wildman–Crippen MR) is 124 cm³/mol. The maximum absolute atomic E-state index is 13.5. The van der Waals surface area contributed by atoms with Crippen LogP contribution in [0, 0.1) is 13.8 Å². The van der Waals surface area contributed by atoms with E-state index in [4.69, 9.17) is 0 Å². The summed E-state index contributed by atoms with van der Waals surface area (Å²) in [4.78, 5) is 26.3. The van der Waals surface area contributed by atoms with E-state index in [-0.39, 0.29) is 18.0 Å². The number of amides is 2. The van der Waals surface area contributed by atoms with Crippen LogP contribution in [0.2, 0.25) is 0 Å². The number of nitrogens with zero attached hydrogens (tertiary/aromatic N) is 4. The van der Waals surface area contributed by atoms with Gasteiger partial charge in [-0.25, -0.2) is 8.42 Å². The quantitative estimate of drug-likeness (QED) is 0.540. The zero-order valence-corrected chi connectivity index (χ0v) is 19.6. The Morgan fingerprint density at radius 3 is 2.26 bits per heavy atom. The summed E-state index contributed by atoms with van der Waals surface area (Å²) in [6, 6.07) is 13.9. The van der Waals surface area contributed by atoms with Gasteiger partial charge in [0.2, 0.25) is 0 Å². The SMILES string of the molecule is Cc1nn(C[C@H](O)CN2C(=O)c3ccccc3C2=O)c(C)c1S(=O)(=O)N1CCc2ccccc21. The van der Waals surface area contributed by atoms with Gasteiger partial charge in [-0.2, -0.15) is 5.10 Å². The molecule has 1 N–H and O–H groups in total. The van der Waals surface area contributed by atoms with Gasteiger partial charge in [-0.1, -0.05) is 30.3 Å². The number of benzene rings is 2. The van der Waals surface area contributed by atoms with Gasteiger partial charge < -0.3 is 5.11 Å². The minimum Gasteiger partial charge on any atom is -0.389 e. The number of carbonyl (C=O) groups excluding carboxylic acids is 2. The Morgan fingerprint density at radius 1 is 0.971 bits per heavy atom. The molecule has 176 valence electrons. The van der Waals surface area contributed by atoms with Crippen LogP contribution < -0.4 is 4.31 Å². The first kappa shape index (κ1) is 22.3. The zero-order chi connectivity index (χ0) is 24.2. The zero-order valence-electron chi connectivity index (χ0n) is 18.8. The van der Waals surface area contributed by atoms with E-state index in [0.29, 0.717) is 41.2 Å². The highest BCUT2D eigenvalue weighted by molar-refractivity contribution is 7.93. The Hall–Kier alpha value is -3.50. The number of aliphatic hydroxyl groups excluding tert-OH is 1. The summed E-state index contributed by atoms with van der Waals surface area (Å²) in [6.45, 7) is 3.34. The third-order valence-corrected chi connectivity index (χ3v) is 8.43. The number of rotatable bonds is 6. The van der Waals surface area contributed by atoms with Crippen molar-refractivity contribution in [1.82, 2.24) is 14.7 Å². The van der Waals surface area contributed by atoms with E-state index in [0.717, 1.165) is 10.5 Å². The number of hydrogen-bond acceptors (Lipinski definition) is 6. The van der Waals surface area contributed by atoms with Gasteiger partial charge >= 0.3 is 0 Å². The summed E-state index contributed by atoms with van der Waals surface area (Å²) < 4.78 is 29.9. The van der Waals surface area contributed by atoms with Crippen LogP contribution in [0.1, 0.15) is 37.7 Å². The topological polar surface area (TPSA) is 113 Å². The van der Waals surface area contributed by atoms with Crippen LogP contribution in [0.15, 0.2) is 53.4 Å². The lowest BCUT2D eigenvalue weighted by molar-refractivity contribution is 0.0514. The maximum Gasteiger partial charge on any atom is 0.268 e. The highest BCUT2D eigenvalue weighted by Gasteiger charge is 2.37. The molecular formula is C24H24N4O5S. The Kier molecular flexibility index (Phi) is 5.29. The van der Waals surface area contributed by atoms with Gasteiger partial charge in [0.05, 0.1) is 47.4 Å². The van der Waals surface area contributed by atoms with Crippen LogP contribution in [0.3, 0.4) is 0 Å². The van der Waals surface area contributed by atoms with E-state index in [9.17, 15) is 23.1 Å². The monoisotopic (exact) mass is 480 g/mol. The fourth-order valence-corrected chi connectivity index (χ4v) is 6.65. The normalized spacial score (nSPS) is 16.2. The first-order chi connectivity index (χ1) is 16.2. The molecule has 0 aliphatic carbocycles. The van der Waals surface area contributed by atoms with Crippen LogP contribution >= 0.6 is 0 Å². The molecule has 0 bridgehead atoms. The summed E-state index contributed by atoms with van der Waals surface area (Å²) in [5.74, 6) is -0.909. The van der Waals surface area contributed by atoms with Crippen molar-refractivity contribution in [1.29, 1.82) is 0 Å². The molecule has 0 radical (unpaired) electrons. The Labute approximate surface area is 197 Å². The molecule has 9 nitrogen and oxygen atoms in total. The van der Waals surface area contributed by atoms with Crippen molar-refractivity contribution in [2.24, 2.45) is 0 Å². The van der Waals surface area contributed by atoms with Crippen molar-refractivity contribution >= 4 is 27.5 Å². The Bertz CT molecular complexity index is 1390. The molecule has 0 unspecified atom stereocenters. The second-order valence-electron chi connectivity index (χ2n) is 8.56. The highest BCUT2D eigenvalue weighted by atomic mass is 32.2. The number of fused-ring (bicyclic) bond motifs is 2. The maximum atomic E-state index is 13.5. The number of aryl methyl sites for hydroxylation is 1. The van der Waals surface area contributed by atoms with Gasteiger partial charge in [0.25, 0.3) is 21.8 Å². The molecule has 0 spiro atoms. The second-order valence-corrected chi connectivity index (χ2v) is 10.4. The summed E-state index contributed by atoms with van der Waals surface area (Å²) in [6.07, 6.45) is -0.482. The summed E-state index contributed by atoms with van der Waals surface area (Å²) in [7, 11) is -3.85. The average molecular weight is 481 g/mol. The number of hydrogen-bond donors (Lipinski definition) is 1. The van der Waals surface area contributed by atoms with E-state index < -0.39 is 27.9 Å². The van der Waals surface area contributed by atoms with Crippen molar-refractivity contribution in [3.05, 3.63) is 76.6 Å². The predicted octanol–water partition coefficient (Wildman–Crippen LogP) is 1.91. The molecule has 3 heterocycles. The number of aromatic nitrogens is 2. The van der Waals surface area contributed by atoms with Gasteiger partial charge in [0.15, 0.2) is 0 Å². The van der Waals surface area contributed by atoms with Crippen molar-refractivity contribution in [2.45, 2.75) is 37.8 Å². The Balaban J connectivity index is 1.37.